The molecule has 0 saturated carbocycles. The number of likely N-dealkylation sites (tertiary alicyclic amines) is 1. The summed E-state index contributed by atoms with van der Waals surface area (Å²) in [6, 6.07) is 0.823. The van der Waals surface area contributed by atoms with Crippen molar-refractivity contribution in [3.05, 3.63) is 26.9 Å². The van der Waals surface area contributed by atoms with Gasteiger partial charge in [0.2, 0.25) is 11.7 Å². The molecule has 0 aromatic carbocycles. The summed E-state index contributed by atoms with van der Waals surface area (Å²) in [5.41, 5.74) is -0.150. The van der Waals surface area contributed by atoms with Gasteiger partial charge in [0.15, 0.2) is 0 Å². The largest absolute Gasteiger partial charge is 0.353 e. The van der Waals surface area contributed by atoms with Gasteiger partial charge in [-0.2, -0.15) is 0 Å². The molecule has 1 atom stereocenters. The Balaban J connectivity index is 2.10. The molecule has 2 heterocycles. The SMILES string of the molecule is CC(Nc1ncc(Br)cc1[N+](=O)[O-])C(=O)N1CCCCC1. The molecule has 1 unspecified atom stereocenters. The molecular weight excluding hydrogens is 340 g/mol. The second-order valence-corrected chi connectivity index (χ2v) is 5.95. The van der Waals surface area contributed by atoms with Gasteiger partial charge in [-0.15, -0.1) is 0 Å². The molecule has 0 radical (unpaired) electrons. The molecule has 8 heteroatoms. The van der Waals surface area contributed by atoms with Crippen molar-refractivity contribution in [3.8, 4) is 0 Å². The van der Waals surface area contributed by atoms with E-state index in [9.17, 15) is 14.9 Å². The molecule has 1 aromatic rings. The molecule has 0 aliphatic carbocycles. The van der Waals surface area contributed by atoms with E-state index in [4.69, 9.17) is 0 Å². The Morgan fingerprint density at radius 3 is 2.76 bits per heavy atom. The molecule has 0 spiro atoms. The smallest absolute Gasteiger partial charge is 0.312 e. The predicted molar refractivity (Wildman–Crippen MR) is 82.1 cm³/mol. The van der Waals surface area contributed by atoms with Gasteiger partial charge in [0.25, 0.3) is 0 Å². The fourth-order valence-electron chi connectivity index (χ4n) is 2.33. The second kappa shape index (κ2) is 6.84. The Morgan fingerprint density at radius 1 is 1.48 bits per heavy atom. The van der Waals surface area contributed by atoms with Crippen LogP contribution >= 0.6 is 15.9 Å². The van der Waals surface area contributed by atoms with Crippen LogP contribution in [0, 0.1) is 10.1 Å². The molecule has 1 saturated heterocycles. The molecule has 2 rings (SSSR count). The Labute approximate surface area is 131 Å². The molecule has 7 nitrogen and oxygen atoms in total. The van der Waals surface area contributed by atoms with Crippen LogP contribution in [0.4, 0.5) is 11.5 Å². The van der Waals surface area contributed by atoms with Gasteiger partial charge < -0.3 is 10.2 Å². The van der Waals surface area contributed by atoms with Crippen molar-refractivity contribution in [2.45, 2.75) is 32.2 Å². The topological polar surface area (TPSA) is 88.4 Å². The van der Waals surface area contributed by atoms with Crippen LogP contribution in [0.1, 0.15) is 26.2 Å². The Bertz CT molecular complexity index is 546. The number of rotatable bonds is 4. The summed E-state index contributed by atoms with van der Waals surface area (Å²) in [6.45, 7) is 3.20. The maximum atomic E-state index is 12.3. The van der Waals surface area contributed by atoms with E-state index in [1.165, 1.54) is 12.3 Å². The van der Waals surface area contributed by atoms with Gasteiger partial charge in [-0.1, -0.05) is 0 Å². The molecular formula is C13H17BrN4O3. The number of pyridine rings is 1. The molecule has 1 fully saturated rings. The summed E-state index contributed by atoms with van der Waals surface area (Å²) in [5.74, 6) is 0.0646. The van der Waals surface area contributed by atoms with Crippen molar-refractivity contribution in [3.63, 3.8) is 0 Å². The van der Waals surface area contributed by atoms with Gasteiger partial charge in [0.1, 0.15) is 6.04 Å². The molecule has 1 aromatic heterocycles. The van der Waals surface area contributed by atoms with Gasteiger partial charge in [0.05, 0.1) is 4.92 Å². The summed E-state index contributed by atoms with van der Waals surface area (Å²) in [7, 11) is 0. The van der Waals surface area contributed by atoms with Crippen LogP contribution in [-0.2, 0) is 4.79 Å². The number of piperidine rings is 1. The summed E-state index contributed by atoms with van der Waals surface area (Å²) in [5, 5.41) is 13.9. The lowest BCUT2D eigenvalue weighted by molar-refractivity contribution is -0.384. The van der Waals surface area contributed by atoms with E-state index in [2.05, 4.69) is 26.2 Å². The van der Waals surface area contributed by atoms with E-state index < -0.39 is 11.0 Å². The van der Waals surface area contributed by atoms with E-state index in [0.717, 1.165) is 32.4 Å². The quantitative estimate of drug-likeness (QED) is 0.661. The zero-order valence-electron chi connectivity index (χ0n) is 11.7. The highest BCUT2D eigenvalue weighted by atomic mass is 79.9. The van der Waals surface area contributed by atoms with E-state index >= 15 is 0 Å². The first-order valence-electron chi connectivity index (χ1n) is 6.84. The standard InChI is InChI=1S/C13H17BrN4O3/c1-9(13(19)17-5-3-2-4-6-17)16-12-11(18(20)21)7-10(14)8-15-12/h7-9H,2-6H2,1H3,(H,15,16). The number of amides is 1. The fourth-order valence-corrected chi connectivity index (χ4v) is 2.65. The third-order valence-corrected chi connectivity index (χ3v) is 3.86. The van der Waals surface area contributed by atoms with Crippen LogP contribution in [0.25, 0.3) is 0 Å². The third-order valence-electron chi connectivity index (χ3n) is 3.42. The first-order chi connectivity index (χ1) is 9.99. The average Bonchev–Trinajstić information content (AvgIpc) is 2.49. The van der Waals surface area contributed by atoms with Crippen molar-refractivity contribution in [2.24, 2.45) is 0 Å². The zero-order chi connectivity index (χ0) is 15.4. The number of nitrogens with one attached hydrogen (secondary N) is 1. The number of carbonyl (C=O) groups is 1. The number of hydrogen-bond acceptors (Lipinski definition) is 5. The summed E-state index contributed by atoms with van der Waals surface area (Å²) < 4.78 is 0.523. The second-order valence-electron chi connectivity index (χ2n) is 5.03. The molecule has 114 valence electrons. The highest BCUT2D eigenvalue weighted by Crippen LogP contribution is 2.26. The molecule has 1 aliphatic rings. The first-order valence-corrected chi connectivity index (χ1v) is 7.63. The highest BCUT2D eigenvalue weighted by Gasteiger charge is 2.25. The summed E-state index contributed by atoms with van der Waals surface area (Å²) in [6.07, 6.45) is 4.63. The normalized spacial score (nSPS) is 16.4. The Kier molecular flexibility index (Phi) is 5.11. The molecule has 1 aliphatic heterocycles. The van der Waals surface area contributed by atoms with Crippen LogP contribution in [0.15, 0.2) is 16.7 Å². The maximum Gasteiger partial charge on any atom is 0.312 e. The lowest BCUT2D eigenvalue weighted by atomic mass is 10.1. The summed E-state index contributed by atoms with van der Waals surface area (Å²) in [4.78, 5) is 28.6. The summed E-state index contributed by atoms with van der Waals surface area (Å²) >= 11 is 3.15. The van der Waals surface area contributed by atoms with Crippen molar-refractivity contribution in [2.75, 3.05) is 18.4 Å². The third kappa shape index (κ3) is 3.90. The van der Waals surface area contributed by atoms with Crippen LogP contribution in [0.2, 0.25) is 0 Å². The van der Waals surface area contributed by atoms with Crippen molar-refractivity contribution in [1.82, 2.24) is 9.88 Å². The predicted octanol–water partition coefficient (Wildman–Crippen LogP) is 2.57. The molecule has 1 N–H and O–H groups in total. The van der Waals surface area contributed by atoms with Crippen LogP contribution in [0.3, 0.4) is 0 Å². The van der Waals surface area contributed by atoms with E-state index in [-0.39, 0.29) is 17.4 Å². The minimum atomic E-state index is -0.546. The van der Waals surface area contributed by atoms with Crippen molar-refractivity contribution < 1.29 is 9.72 Å². The van der Waals surface area contributed by atoms with Gasteiger partial charge in [0, 0.05) is 29.8 Å². The molecule has 21 heavy (non-hydrogen) atoms. The highest BCUT2D eigenvalue weighted by molar-refractivity contribution is 9.10. The minimum absolute atomic E-state index is 0.0475. The van der Waals surface area contributed by atoms with Crippen LogP contribution in [-0.4, -0.2) is 39.8 Å². The van der Waals surface area contributed by atoms with E-state index in [1.54, 1.807) is 11.8 Å². The number of anilines is 1. The van der Waals surface area contributed by atoms with Gasteiger partial charge in [-0.05, 0) is 42.1 Å². The molecule has 0 bridgehead atoms. The molecule has 1 amide bonds. The van der Waals surface area contributed by atoms with Gasteiger partial charge in [-0.25, -0.2) is 4.98 Å². The van der Waals surface area contributed by atoms with Crippen LogP contribution < -0.4 is 5.32 Å². The number of aromatic nitrogens is 1. The first kappa shape index (κ1) is 15.7. The van der Waals surface area contributed by atoms with Crippen molar-refractivity contribution >= 4 is 33.3 Å². The fraction of sp³-hybridized carbons (Fsp3) is 0.538. The van der Waals surface area contributed by atoms with Gasteiger partial charge >= 0.3 is 5.69 Å². The number of carbonyl (C=O) groups excluding carboxylic acids is 1. The Morgan fingerprint density at radius 2 is 2.14 bits per heavy atom. The minimum Gasteiger partial charge on any atom is -0.353 e. The lowest BCUT2D eigenvalue weighted by Crippen LogP contribution is -2.44. The van der Waals surface area contributed by atoms with E-state index in [1.807, 2.05) is 0 Å². The Hall–Kier alpha value is -1.70. The number of nitrogens with zero attached hydrogens (tertiary/aromatic N) is 3. The van der Waals surface area contributed by atoms with Crippen LogP contribution in [0.5, 0.6) is 0 Å². The number of halogens is 1. The van der Waals surface area contributed by atoms with Gasteiger partial charge in [-0.3, -0.25) is 14.9 Å². The maximum absolute atomic E-state index is 12.3. The number of hydrogen-bond donors (Lipinski definition) is 1. The zero-order valence-corrected chi connectivity index (χ0v) is 13.3. The van der Waals surface area contributed by atoms with E-state index in [0.29, 0.717) is 4.47 Å². The average molecular weight is 357 g/mol. The lowest BCUT2D eigenvalue weighted by Gasteiger charge is -2.29. The monoisotopic (exact) mass is 356 g/mol. The number of nitro groups is 1. The van der Waals surface area contributed by atoms with Crippen molar-refractivity contribution in [1.29, 1.82) is 0 Å².